The van der Waals surface area contributed by atoms with Crippen LogP contribution in [0, 0.1) is 0 Å². The summed E-state index contributed by atoms with van der Waals surface area (Å²) in [6, 6.07) is 6.72. The van der Waals surface area contributed by atoms with Crippen LogP contribution in [0.25, 0.3) is 0 Å². The van der Waals surface area contributed by atoms with Crippen LogP contribution in [0.3, 0.4) is 0 Å². The van der Waals surface area contributed by atoms with Gasteiger partial charge in [0.1, 0.15) is 0 Å². The van der Waals surface area contributed by atoms with E-state index < -0.39 is 0 Å². The quantitative estimate of drug-likeness (QED) is 0.702. The third-order valence-corrected chi connectivity index (χ3v) is 2.95. The van der Waals surface area contributed by atoms with Crippen molar-refractivity contribution in [2.45, 2.75) is 53.0 Å². The van der Waals surface area contributed by atoms with Gasteiger partial charge in [-0.15, -0.1) is 0 Å². The molecule has 1 aromatic carbocycles. The van der Waals surface area contributed by atoms with Crippen LogP contribution < -0.4 is 5.32 Å². The van der Waals surface area contributed by atoms with Crippen LogP contribution in [0.1, 0.15) is 51.3 Å². The highest BCUT2D eigenvalue weighted by Gasteiger charge is 2.20. The summed E-state index contributed by atoms with van der Waals surface area (Å²) >= 11 is 0. The SMILES string of the molecule is CC.CC(C)(C)c1cccc2c1CCNC2. The van der Waals surface area contributed by atoms with Gasteiger partial charge in [0, 0.05) is 6.54 Å². The first-order chi connectivity index (χ1) is 7.59. The molecule has 0 radical (unpaired) electrons. The average molecular weight is 219 g/mol. The number of benzene rings is 1. The second-order valence-corrected chi connectivity index (χ2v) is 5.12. The maximum atomic E-state index is 3.42. The van der Waals surface area contributed by atoms with Gasteiger partial charge < -0.3 is 5.32 Å². The van der Waals surface area contributed by atoms with E-state index in [9.17, 15) is 0 Å². The molecule has 1 heterocycles. The summed E-state index contributed by atoms with van der Waals surface area (Å²) < 4.78 is 0. The third kappa shape index (κ3) is 2.85. The summed E-state index contributed by atoms with van der Waals surface area (Å²) in [6.07, 6.45) is 1.18. The molecule has 1 heteroatoms. The van der Waals surface area contributed by atoms with Gasteiger partial charge in [-0.05, 0) is 35.1 Å². The second kappa shape index (κ2) is 5.49. The molecule has 0 saturated heterocycles. The first kappa shape index (κ1) is 13.2. The lowest BCUT2D eigenvalue weighted by Gasteiger charge is -2.27. The van der Waals surface area contributed by atoms with Crippen LogP contribution in [0.5, 0.6) is 0 Å². The van der Waals surface area contributed by atoms with Gasteiger partial charge in [-0.2, -0.15) is 0 Å². The Labute approximate surface area is 100 Å². The summed E-state index contributed by atoms with van der Waals surface area (Å²) in [5, 5.41) is 3.42. The number of hydrogen-bond donors (Lipinski definition) is 1. The van der Waals surface area contributed by atoms with Gasteiger partial charge in [0.05, 0.1) is 0 Å². The van der Waals surface area contributed by atoms with E-state index in [4.69, 9.17) is 0 Å². The van der Waals surface area contributed by atoms with Crippen molar-refractivity contribution in [3.8, 4) is 0 Å². The highest BCUT2D eigenvalue weighted by Crippen LogP contribution is 2.29. The van der Waals surface area contributed by atoms with Crippen molar-refractivity contribution in [2.75, 3.05) is 6.54 Å². The maximum absolute atomic E-state index is 3.42. The molecule has 0 unspecified atom stereocenters. The highest BCUT2D eigenvalue weighted by molar-refractivity contribution is 5.40. The van der Waals surface area contributed by atoms with Gasteiger partial charge >= 0.3 is 0 Å². The fraction of sp³-hybridized carbons (Fsp3) is 0.600. The van der Waals surface area contributed by atoms with Crippen molar-refractivity contribution in [1.82, 2.24) is 5.32 Å². The zero-order chi connectivity index (χ0) is 12.2. The molecule has 2 rings (SSSR count). The maximum Gasteiger partial charge on any atom is 0.0208 e. The Bertz CT molecular complexity index is 334. The minimum Gasteiger partial charge on any atom is -0.312 e. The topological polar surface area (TPSA) is 12.0 Å². The van der Waals surface area contributed by atoms with Gasteiger partial charge in [-0.1, -0.05) is 52.8 Å². The Kier molecular flexibility index (Phi) is 4.55. The molecule has 90 valence electrons. The van der Waals surface area contributed by atoms with E-state index >= 15 is 0 Å². The van der Waals surface area contributed by atoms with Gasteiger partial charge in [-0.3, -0.25) is 0 Å². The highest BCUT2D eigenvalue weighted by atomic mass is 14.9. The lowest BCUT2D eigenvalue weighted by atomic mass is 9.80. The van der Waals surface area contributed by atoms with E-state index in [2.05, 4.69) is 44.3 Å². The average Bonchev–Trinajstić information content (AvgIpc) is 2.30. The predicted octanol–water partition coefficient (Wildman–Crippen LogP) is 3.66. The molecule has 1 nitrogen and oxygen atoms in total. The molecule has 0 fully saturated rings. The van der Waals surface area contributed by atoms with Gasteiger partial charge in [0.15, 0.2) is 0 Å². The Morgan fingerprint density at radius 2 is 1.81 bits per heavy atom. The summed E-state index contributed by atoms with van der Waals surface area (Å²) in [4.78, 5) is 0. The molecule has 1 aliphatic heterocycles. The summed E-state index contributed by atoms with van der Waals surface area (Å²) in [5.41, 5.74) is 4.88. The number of rotatable bonds is 0. The molecule has 0 aromatic heterocycles. The second-order valence-electron chi connectivity index (χ2n) is 5.12. The van der Waals surface area contributed by atoms with Crippen LogP contribution in [0.2, 0.25) is 0 Å². The number of hydrogen-bond acceptors (Lipinski definition) is 1. The predicted molar refractivity (Wildman–Crippen MR) is 71.9 cm³/mol. The van der Waals surface area contributed by atoms with Gasteiger partial charge in [0.2, 0.25) is 0 Å². The molecule has 0 amide bonds. The van der Waals surface area contributed by atoms with Crippen LogP contribution in [-0.2, 0) is 18.4 Å². The lowest BCUT2D eigenvalue weighted by Crippen LogP contribution is -2.27. The smallest absolute Gasteiger partial charge is 0.0208 e. The Morgan fingerprint density at radius 3 is 2.44 bits per heavy atom. The first-order valence-electron chi connectivity index (χ1n) is 6.41. The fourth-order valence-electron chi connectivity index (χ4n) is 2.23. The summed E-state index contributed by atoms with van der Waals surface area (Å²) in [5.74, 6) is 0. The fourth-order valence-corrected chi connectivity index (χ4v) is 2.23. The number of nitrogens with one attached hydrogen (secondary N) is 1. The molecule has 0 atom stereocenters. The minimum absolute atomic E-state index is 0.280. The molecule has 1 aliphatic rings. The molecule has 1 N–H and O–H groups in total. The first-order valence-corrected chi connectivity index (χ1v) is 6.41. The monoisotopic (exact) mass is 219 g/mol. The van der Waals surface area contributed by atoms with Crippen molar-refractivity contribution in [2.24, 2.45) is 0 Å². The molecule has 0 aliphatic carbocycles. The zero-order valence-corrected chi connectivity index (χ0v) is 11.4. The lowest BCUT2D eigenvalue weighted by molar-refractivity contribution is 0.563. The minimum atomic E-state index is 0.280. The van der Waals surface area contributed by atoms with E-state index in [1.807, 2.05) is 13.8 Å². The van der Waals surface area contributed by atoms with Crippen LogP contribution in [0.15, 0.2) is 18.2 Å². The van der Waals surface area contributed by atoms with E-state index in [1.54, 1.807) is 5.56 Å². The number of fused-ring (bicyclic) bond motifs is 1. The van der Waals surface area contributed by atoms with Crippen molar-refractivity contribution < 1.29 is 0 Å². The zero-order valence-electron chi connectivity index (χ0n) is 11.4. The van der Waals surface area contributed by atoms with Crippen molar-refractivity contribution in [1.29, 1.82) is 0 Å². The third-order valence-electron chi connectivity index (χ3n) is 2.95. The van der Waals surface area contributed by atoms with Crippen LogP contribution >= 0.6 is 0 Å². The molecular formula is C15H25N. The molecule has 1 aromatic rings. The van der Waals surface area contributed by atoms with Crippen LogP contribution in [0.4, 0.5) is 0 Å². The Balaban J connectivity index is 0.000000606. The van der Waals surface area contributed by atoms with E-state index in [1.165, 1.54) is 17.5 Å². The Hall–Kier alpha value is -0.820. The van der Waals surface area contributed by atoms with Gasteiger partial charge in [-0.25, -0.2) is 0 Å². The van der Waals surface area contributed by atoms with Crippen molar-refractivity contribution in [3.63, 3.8) is 0 Å². The van der Waals surface area contributed by atoms with E-state index in [0.29, 0.717) is 0 Å². The Morgan fingerprint density at radius 1 is 1.12 bits per heavy atom. The van der Waals surface area contributed by atoms with E-state index in [-0.39, 0.29) is 5.41 Å². The van der Waals surface area contributed by atoms with E-state index in [0.717, 1.165) is 13.1 Å². The molecular weight excluding hydrogens is 194 g/mol. The molecule has 16 heavy (non-hydrogen) atoms. The van der Waals surface area contributed by atoms with Gasteiger partial charge in [0.25, 0.3) is 0 Å². The normalized spacial score (nSPS) is 14.8. The molecule has 0 bridgehead atoms. The summed E-state index contributed by atoms with van der Waals surface area (Å²) in [7, 11) is 0. The molecule has 0 spiro atoms. The standard InChI is InChI=1S/C13H19N.C2H6/c1-13(2,3)12-6-4-5-10-9-14-8-7-11(10)12;1-2/h4-6,14H,7-9H2,1-3H3;1-2H3. The van der Waals surface area contributed by atoms with Crippen molar-refractivity contribution >= 4 is 0 Å². The van der Waals surface area contributed by atoms with Crippen LogP contribution in [-0.4, -0.2) is 6.54 Å². The van der Waals surface area contributed by atoms with Crippen molar-refractivity contribution in [3.05, 3.63) is 34.9 Å². The summed E-state index contributed by atoms with van der Waals surface area (Å²) in [6.45, 7) is 13.1. The molecule has 0 saturated carbocycles. The largest absolute Gasteiger partial charge is 0.312 e.